The van der Waals surface area contributed by atoms with Crippen LogP contribution >= 0.6 is 11.3 Å². The maximum Gasteiger partial charge on any atom is 0.269 e. The molecule has 2 rings (SSSR count). The molecule has 6 nitrogen and oxygen atoms in total. The molecule has 0 fully saturated rings. The van der Waals surface area contributed by atoms with Gasteiger partial charge in [0.05, 0.1) is 6.21 Å². The smallest absolute Gasteiger partial charge is 0.269 e. The van der Waals surface area contributed by atoms with Gasteiger partial charge in [-0.05, 0) is 24.8 Å². The second kappa shape index (κ2) is 6.85. The molecule has 0 aliphatic heterocycles. The number of carbonyl (C=O) groups is 1. The summed E-state index contributed by atoms with van der Waals surface area (Å²) in [4.78, 5) is 18.1. The second-order valence-corrected chi connectivity index (χ2v) is 5.04. The lowest BCUT2D eigenvalue weighted by molar-refractivity contribution is -0.127. The van der Waals surface area contributed by atoms with E-state index in [-0.39, 0.29) is 5.91 Å². The molecule has 2 aromatic rings. The molecular formula is C13H15N3O3S. The molecule has 1 atom stereocenters. The first-order chi connectivity index (χ1) is 9.69. The third kappa shape index (κ3) is 3.92. The van der Waals surface area contributed by atoms with E-state index >= 15 is 0 Å². The first kappa shape index (κ1) is 14.3. The van der Waals surface area contributed by atoms with Crippen LogP contribution in [0.4, 0.5) is 5.82 Å². The normalized spacial score (nSPS) is 12.5. The quantitative estimate of drug-likeness (QED) is 0.656. The Morgan fingerprint density at radius 2 is 2.55 bits per heavy atom. The van der Waals surface area contributed by atoms with Gasteiger partial charge < -0.3 is 14.7 Å². The largest absolute Gasteiger partial charge is 0.382 e. The Hall–Kier alpha value is -2.15. The molecule has 0 aromatic carbocycles. The van der Waals surface area contributed by atoms with Crippen molar-refractivity contribution >= 4 is 29.3 Å². The molecule has 1 unspecified atom stereocenters. The molecule has 0 spiro atoms. The van der Waals surface area contributed by atoms with E-state index in [2.05, 4.69) is 15.6 Å². The number of nitrogens with zero attached hydrogens (tertiary/aromatic N) is 2. The van der Waals surface area contributed by atoms with Crippen LogP contribution in [0.5, 0.6) is 0 Å². The molecule has 2 heterocycles. The van der Waals surface area contributed by atoms with Gasteiger partial charge in [0.15, 0.2) is 5.82 Å². The molecule has 1 N–H and O–H groups in total. The number of thiophene rings is 1. The van der Waals surface area contributed by atoms with Crippen LogP contribution in [0.1, 0.15) is 24.0 Å². The van der Waals surface area contributed by atoms with Crippen LogP contribution in [0, 0.1) is 6.92 Å². The number of aryl methyl sites for hydroxylation is 1. The number of hydrogen-bond donors (Lipinski definition) is 1. The van der Waals surface area contributed by atoms with E-state index in [1.165, 1.54) is 0 Å². The fourth-order valence-electron chi connectivity index (χ4n) is 1.46. The Balaban J connectivity index is 1.89. The molecule has 0 aliphatic carbocycles. The van der Waals surface area contributed by atoms with E-state index in [1.54, 1.807) is 30.5 Å². The van der Waals surface area contributed by atoms with E-state index in [4.69, 9.17) is 9.36 Å². The Kier molecular flexibility index (Phi) is 4.89. The van der Waals surface area contributed by atoms with Gasteiger partial charge in [0.1, 0.15) is 5.76 Å². The SMILES string of the molecule is CCC(O/N=C/c1cccs1)C(=O)Nc1cc(C)on1. The minimum Gasteiger partial charge on any atom is -0.382 e. The number of aromatic nitrogens is 1. The van der Waals surface area contributed by atoms with Crippen molar-refractivity contribution in [3.05, 3.63) is 34.2 Å². The van der Waals surface area contributed by atoms with E-state index < -0.39 is 6.10 Å². The standard InChI is InChI=1S/C13H15N3O3S/c1-3-11(19-14-8-10-5-4-6-20-10)13(17)15-12-7-9(2)18-16-12/h4-8,11H,3H2,1-2H3,(H,15,16,17)/b14-8+. The van der Waals surface area contributed by atoms with Crippen LogP contribution in [0.3, 0.4) is 0 Å². The third-order valence-electron chi connectivity index (χ3n) is 2.45. The Labute approximate surface area is 120 Å². The Bertz CT molecular complexity index is 577. The zero-order chi connectivity index (χ0) is 14.4. The number of nitrogens with one attached hydrogen (secondary N) is 1. The molecule has 0 saturated carbocycles. The van der Waals surface area contributed by atoms with Gasteiger partial charge in [0.2, 0.25) is 6.10 Å². The van der Waals surface area contributed by atoms with Crippen LogP contribution < -0.4 is 5.32 Å². The van der Waals surface area contributed by atoms with Crippen molar-refractivity contribution in [3.8, 4) is 0 Å². The summed E-state index contributed by atoms with van der Waals surface area (Å²) >= 11 is 1.54. The van der Waals surface area contributed by atoms with Crippen LogP contribution in [0.15, 0.2) is 33.3 Å². The van der Waals surface area contributed by atoms with Gasteiger partial charge in [-0.15, -0.1) is 11.3 Å². The molecular weight excluding hydrogens is 278 g/mol. The highest BCUT2D eigenvalue weighted by Gasteiger charge is 2.19. The highest BCUT2D eigenvalue weighted by molar-refractivity contribution is 7.11. The number of rotatable bonds is 6. The molecule has 0 aliphatic rings. The first-order valence-electron chi connectivity index (χ1n) is 6.16. The zero-order valence-corrected chi connectivity index (χ0v) is 12.0. The van der Waals surface area contributed by atoms with Crippen molar-refractivity contribution in [3.63, 3.8) is 0 Å². The van der Waals surface area contributed by atoms with Crippen LogP contribution in [-0.2, 0) is 9.63 Å². The van der Waals surface area contributed by atoms with Crippen molar-refractivity contribution in [2.45, 2.75) is 26.4 Å². The topological polar surface area (TPSA) is 76.7 Å². The van der Waals surface area contributed by atoms with Crippen LogP contribution in [0.25, 0.3) is 0 Å². The number of oxime groups is 1. The number of amides is 1. The summed E-state index contributed by atoms with van der Waals surface area (Å²) in [5.74, 6) is 0.700. The lowest BCUT2D eigenvalue weighted by atomic mass is 10.2. The van der Waals surface area contributed by atoms with E-state index in [1.807, 2.05) is 24.4 Å². The molecule has 0 radical (unpaired) electrons. The lowest BCUT2D eigenvalue weighted by Crippen LogP contribution is -2.28. The van der Waals surface area contributed by atoms with Gasteiger partial charge in [0, 0.05) is 10.9 Å². The summed E-state index contributed by atoms with van der Waals surface area (Å²) in [5, 5.41) is 12.1. The highest BCUT2D eigenvalue weighted by atomic mass is 32.1. The van der Waals surface area contributed by atoms with Gasteiger partial charge in [-0.1, -0.05) is 23.3 Å². The van der Waals surface area contributed by atoms with Crippen molar-refractivity contribution in [1.29, 1.82) is 0 Å². The minimum absolute atomic E-state index is 0.302. The number of anilines is 1. The van der Waals surface area contributed by atoms with Crippen LogP contribution in [-0.4, -0.2) is 23.4 Å². The zero-order valence-electron chi connectivity index (χ0n) is 11.2. The summed E-state index contributed by atoms with van der Waals surface area (Å²) in [6.07, 6.45) is 1.42. The minimum atomic E-state index is -0.664. The summed E-state index contributed by atoms with van der Waals surface area (Å²) in [6.45, 7) is 3.60. The van der Waals surface area contributed by atoms with Crippen molar-refractivity contribution < 1.29 is 14.2 Å². The molecule has 1 amide bonds. The van der Waals surface area contributed by atoms with E-state index in [9.17, 15) is 4.79 Å². The summed E-state index contributed by atoms with van der Waals surface area (Å²) in [7, 11) is 0. The maximum atomic E-state index is 12.0. The van der Waals surface area contributed by atoms with E-state index in [0.717, 1.165) is 4.88 Å². The fourth-order valence-corrected chi connectivity index (χ4v) is 2.04. The highest BCUT2D eigenvalue weighted by Crippen LogP contribution is 2.10. The Morgan fingerprint density at radius 3 is 3.15 bits per heavy atom. The van der Waals surface area contributed by atoms with Crippen molar-refractivity contribution in [1.82, 2.24) is 5.16 Å². The molecule has 20 heavy (non-hydrogen) atoms. The van der Waals surface area contributed by atoms with E-state index in [0.29, 0.717) is 18.0 Å². The first-order valence-corrected chi connectivity index (χ1v) is 7.04. The predicted molar refractivity (Wildman–Crippen MR) is 76.9 cm³/mol. The third-order valence-corrected chi connectivity index (χ3v) is 3.26. The molecule has 2 aromatic heterocycles. The summed E-state index contributed by atoms with van der Waals surface area (Å²) < 4.78 is 4.88. The predicted octanol–water partition coefficient (Wildman–Crippen LogP) is 2.81. The summed E-state index contributed by atoms with van der Waals surface area (Å²) in [6, 6.07) is 5.47. The van der Waals surface area contributed by atoms with Gasteiger partial charge in [-0.25, -0.2) is 0 Å². The average molecular weight is 293 g/mol. The van der Waals surface area contributed by atoms with Gasteiger partial charge in [-0.3, -0.25) is 4.79 Å². The molecule has 106 valence electrons. The van der Waals surface area contributed by atoms with Crippen molar-refractivity contribution in [2.24, 2.45) is 5.16 Å². The van der Waals surface area contributed by atoms with Gasteiger partial charge >= 0.3 is 0 Å². The maximum absolute atomic E-state index is 12.0. The fraction of sp³-hybridized carbons (Fsp3) is 0.308. The van der Waals surface area contributed by atoms with Gasteiger partial charge in [0.25, 0.3) is 5.91 Å². The van der Waals surface area contributed by atoms with Crippen LogP contribution in [0.2, 0.25) is 0 Å². The second-order valence-electron chi connectivity index (χ2n) is 4.06. The monoisotopic (exact) mass is 293 g/mol. The molecule has 0 bridgehead atoms. The summed E-state index contributed by atoms with van der Waals surface area (Å²) in [5.41, 5.74) is 0. The number of carbonyl (C=O) groups excluding carboxylic acids is 1. The van der Waals surface area contributed by atoms with Gasteiger partial charge in [-0.2, -0.15) is 0 Å². The van der Waals surface area contributed by atoms with Crippen molar-refractivity contribution in [2.75, 3.05) is 5.32 Å². The molecule has 0 saturated heterocycles. The Morgan fingerprint density at radius 1 is 1.70 bits per heavy atom. The lowest BCUT2D eigenvalue weighted by Gasteiger charge is -2.11. The number of hydrogen-bond acceptors (Lipinski definition) is 6. The average Bonchev–Trinajstić information content (AvgIpc) is 3.06. The molecule has 7 heteroatoms.